The van der Waals surface area contributed by atoms with Gasteiger partial charge in [0.2, 0.25) is 5.91 Å². The maximum Gasteiger partial charge on any atom is 0.217 e. The molecule has 3 nitrogen and oxygen atoms in total. The molecule has 0 aromatic heterocycles. The Kier molecular flexibility index (Phi) is 7.85. The highest BCUT2D eigenvalue weighted by atomic mass is 16.1. The molecule has 0 rings (SSSR count). The lowest BCUT2D eigenvalue weighted by Gasteiger charge is -2.19. The molecule has 0 spiro atoms. The van der Waals surface area contributed by atoms with Gasteiger partial charge in [-0.25, -0.2) is 0 Å². The van der Waals surface area contributed by atoms with E-state index in [4.69, 9.17) is 5.73 Å². The van der Waals surface area contributed by atoms with E-state index in [1.807, 2.05) is 13.8 Å². The van der Waals surface area contributed by atoms with Crippen LogP contribution in [0, 0.1) is 17.8 Å². The first-order valence-electron chi connectivity index (χ1n) is 6.66. The average Bonchev–Trinajstić information content (AvgIpc) is 2.20. The van der Waals surface area contributed by atoms with Gasteiger partial charge in [-0.3, -0.25) is 9.59 Å². The van der Waals surface area contributed by atoms with Crippen LogP contribution in [0.4, 0.5) is 0 Å². The molecule has 0 saturated carbocycles. The molecule has 1 unspecified atom stereocenters. The zero-order chi connectivity index (χ0) is 13.4. The molecule has 100 valence electrons. The lowest BCUT2D eigenvalue weighted by atomic mass is 9.84. The fourth-order valence-electron chi connectivity index (χ4n) is 2.11. The molecule has 0 aromatic rings. The number of primary amides is 1. The lowest BCUT2D eigenvalue weighted by molar-refractivity contribution is -0.126. The first kappa shape index (κ1) is 16.1. The summed E-state index contributed by atoms with van der Waals surface area (Å²) in [4.78, 5) is 22.6. The number of amides is 1. The van der Waals surface area contributed by atoms with Crippen LogP contribution in [0.2, 0.25) is 0 Å². The number of hydrogen-bond acceptors (Lipinski definition) is 2. The van der Waals surface area contributed by atoms with Crippen molar-refractivity contribution in [2.45, 2.75) is 59.8 Å². The van der Waals surface area contributed by atoms with E-state index in [-0.39, 0.29) is 17.7 Å². The largest absolute Gasteiger partial charge is 0.370 e. The van der Waals surface area contributed by atoms with E-state index in [1.54, 1.807) is 0 Å². The molecular weight excluding hydrogens is 214 g/mol. The zero-order valence-electron chi connectivity index (χ0n) is 11.7. The molecule has 0 aliphatic carbocycles. The minimum atomic E-state index is -0.249. The van der Waals surface area contributed by atoms with Crippen molar-refractivity contribution >= 4 is 11.7 Å². The predicted octanol–water partition coefficient (Wildman–Crippen LogP) is 2.92. The SMILES string of the molecule is CC(C)CC(CCCCC(N)=O)C(=O)C(C)C. The monoisotopic (exact) mass is 241 g/mol. The molecule has 0 aromatic carbocycles. The Balaban J connectivity index is 4.11. The van der Waals surface area contributed by atoms with Crippen LogP contribution in [0.1, 0.15) is 59.8 Å². The number of carbonyl (C=O) groups is 2. The van der Waals surface area contributed by atoms with Crippen LogP contribution < -0.4 is 5.73 Å². The van der Waals surface area contributed by atoms with E-state index in [0.29, 0.717) is 18.1 Å². The third kappa shape index (κ3) is 7.94. The molecule has 1 atom stereocenters. The van der Waals surface area contributed by atoms with E-state index in [2.05, 4.69) is 13.8 Å². The molecule has 0 aliphatic heterocycles. The van der Waals surface area contributed by atoms with Gasteiger partial charge >= 0.3 is 0 Å². The number of hydrogen-bond donors (Lipinski definition) is 1. The van der Waals surface area contributed by atoms with Gasteiger partial charge in [-0.1, -0.05) is 34.1 Å². The Morgan fingerprint density at radius 3 is 2.06 bits per heavy atom. The maximum atomic E-state index is 12.0. The summed E-state index contributed by atoms with van der Waals surface area (Å²) >= 11 is 0. The van der Waals surface area contributed by atoms with Gasteiger partial charge in [-0.05, 0) is 25.2 Å². The minimum Gasteiger partial charge on any atom is -0.370 e. The van der Waals surface area contributed by atoms with Crippen LogP contribution >= 0.6 is 0 Å². The summed E-state index contributed by atoms with van der Waals surface area (Å²) in [5.41, 5.74) is 5.09. The van der Waals surface area contributed by atoms with Gasteiger partial charge in [0.05, 0.1) is 0 Å². The lowest BCUT2D eigenvalue weighted by Crippen LogP contribution is -2.21. The number of unbranched alkanes of at least 4 members (excludes halogenated alkanes) is 1. The van der Waals surface area contributed by atoms with Crippen molar-refractivity contribution in [3.8, 4) is 0 Å². The summed E-state index contributed by atoms with van der Waals surface area (Å²) in [6.45, 7) is 8.20. The third-order valence-electron chi connectivity index (χ3n) is 2.95. The van der Waals surface area contributed by atoms with Crippen molar-refractivity contribution in [3.63, 3.8) is 0 Å². The third-order valence-corrected chi connectivity index (χ3v) is 2.95. The summed E-state index contributed by atoms with van der Waals surface area (Å²) in [5, 5.41) is 0. The van der Waals surface area contributed by atoms with Crippen LogP contribution in [-0.4, -0.2) is 11.7 Å². The van der Waals surface area contributed by atoms with Crippen molar-refractivity contribution in [2.24, 2.45) is 23.5 Å². The molecule has 17 heavy (non-hydrogen) atoms. The summed E-state index contributed by atoms with van der Waals surface area (Å²) in [6.07, 6.45) is 3.99. The van der Waals surface area contributed by atoms with Crippen molar-refractivity contribution in [3.05, 3.63) is 0 Å². The number of nitrogens with two attached hydrogens (primary N) is 1. The van der Waals surface area contributed by atoms with Gasteiger partial charge < -0.3 is 5.73 Å². The summed E-state index contributed by atoms with van der Waals surface area (Å²) in [5.74, 6) is 0.912. The number of ketones is 1. The Morgan fingerprint density at radius 1 is 1.06 bits per heavy atom. The minimum absolute atomic E-state index is 0.106. The average molecular weight is 241 g/mol. The first-order valence-corrected chi connectivity index (χ1v) is 6.66. The smallest absolute Gasteiger partial charge is 0.217 e. The highest BCUT2D eigenvalue weighted by Crippen LogP contribution is 2.22. The zero-order valence-corrected chi connectivity index (χ0v) is 11.7. The summed E-state index contributed by atoms with van der Waals surface area (Å²) < 4.78 is 0. The van der Waals surface area contributed by atoms with Gasteiger partial charge in [0.25, 0.3) is 0 Å². The Bertz CT molecular complexity index is 247. The van der Waals surface area contributed by atoms with Gasteiger partial charge in [-0.15, -0.1) is 0 Å². The van der Waals surface area contributed by atoms with E-state index in [9.17, 15) is 9.59 Å². The van der Waals surface area contributed by atoms with Crippen molar-refractivity contribution < 1.29 is 9.59 Å². The highest BCUT2D eigenvalue weighted by molar-refractivity contribution is 5.82. The van der Waals surface area contributed by atoms with Crippen molar-refractivity contribution in [2.75, 3.05) is 0 Å². The highest BCUT2D eigenvalue weighted by Gasteiger charge is 2.21. The molecule has 0 heterocycles. The van der Waals surface area contributed by atoms with Gasteiger partial charge in [0.15, 0.2) is 0 Å². The molecule has 0 saturated heterocycles. The number of rotatable bonds is 9. The van der Waals surface area contributed by atoms with Gasteiger partial charge in [0.1, 0.15) is 5.78 Å². The van der Waals surface area contributed by atoms with Gasteiger partial charge in [0, 0.05) is 18.3 Å². The van der Waals surface area contributed by atoms with Crippen molar-refractivity contribution in [1.82, 2.24) is 0 Å². The molecule has 0 bridgehead atoms. The molecule has 0 fully saturated rings. The fraction of sp³-hybridized carbons (Fsp3) is 0.857. The number of Topliss-reactive ketones (excluding diaryl/α,β-unsaturated/α-hetero) is 1. The fourth-order valence-corrected chi connectivity index (χ4v) is 2.11. The van der Waals surface area contributed by atoms with Crippen LogP contribution in [-0.2, 0) is 9.59 Å². The van der Waals surface area contributed by atoms with E-state index >= 15 is 0 Å². The standard InChI is InChI=1S/C14H27NO2/c1-10(2)9-12(14(17)11(3)4)7-5-6-8-13(15)16/h10-12H,5-9H2,1-4H3,(H2,15,16). The Hall–Kier alpha value is -0.860. The maximum absolute atomic E-state index is 12.0. The Labute approximate surface area is 105 Å². The quantitative estimate of drug-likeness (QED) is 0.631. The molecule has 0 radical (unpaired) electrons. The summed E-state index contributed by atoms with van der Waals surface area (Å²) in [6, 6.07) is 0. The van der Waals surface area contributed by atoms with Crippen LogP contribution in [0.3, 0.4) is 0 Å². The second-order valence-corrected chi connectivity index (χ2v) is 5.60. The van der Waals surface area contributed by atoms with Crippen LogP contribution in [0.15, 0.2) is 0 Å². The molecule has 1 amide bonds. The second-order valence-electron chi connectivity index (χ2n) is 5.60. The van der Waals surface area contributed by atoms with Crippen LogP contribution in [0.5, 0.6) is 0 Å². The topological polar surface area (TPSA) is 60.2 Å². The first-order chi connectivity index (χ1) is 7.84. The summed E-state index contributed by atoms with van der Waals surface area (Å²) in [7, 11) is 0. The second kappa shape index (κ2) is 8.26. The molecule has 0 aliphatic rings. The van der Waals surface area contributed by atoms with Crippen LogP contribution in [0.25, 0.3) is 0 Å². The van der Waals surface area contributed by atoms with E-state index in [1.165, 1.54) is 0 Å². The van der Waals surface area contributed by atoms with Gasteiger partial charge in [-0.2, -0.15) is 0 Å². The molecular formula is C14H27NO2. The molecule has 2 N–H and O–H groups in total. The van der Waals surface area contributed by atoms with E-state index < -0.39 is 0 Å². The van der Waals surface area contributed by atoms with E-state index in [0.717, 1.165) is 25.7 Å². The number of carbonyl (C=O) groups excluding carboxylic acids is 2. The Morgan fingerprint density at radius 2 is 1.65 bits per heavy atom. The molecule has 3 heteroatoms. The predicted molar refractivity (Wildman–Crippen MR) is 70.5 cm³/mol. The van der Waals surface area contributed by atoms with Crippen molar-refractivity contribution in [1.29, 1.82) is 0 Å². The normalized spacial score (nSPS) is 13.1.